The average molecular weight is 288 g/mol. The topological polar surface area (TPSA) is 66.4 Å². The first-order valence-electron chi connectivity index (χ1n) is 6.78. The molecule has 106 valence electrons. The summed E-state index contributed by atoms with van der Waals surface area (Å²) in [6.07, 6.45) is 8.75. The van der Waals surface area contributed by atoms with Crippen molar-refractivity contribution in [1.29, 1.82) is 5.26 Å². The lowest BCUT2D eigenvalue weighted by atomic mass is 10.0. The second-order valence-electron chi connectivity index (χ2n) is 4.76. The molecule has 0 radical (unpaired) electrons. The van der Waals surface area contributed by atoms with E-state index in [2.05, 4.69) is 4.99 Å². The number of hydrogen-bond donors (Lipinski definition) is 0. The highest BCUT2D eigenvalue weighted by Gasteiger charge is 2.20. The number of ketones is 1. The second-order valence-corrected chi connectivity index (χ2v) is 4.76. The number of hydrogen-bond acceptors (Lipinski definition) is 4. The van der Waals surface area contributed by atoms with Crippen LogP contribution in [0.3, 0.4) is 0 Å². The van der Waals surface area contributed by atoms with Crippen molar-refractivity contribution in [3.8, 4) is 6.07 Å². The van der Waals surface area contributed by atoms with Gasteiger partial charge in [0.05, 0.1) is 23.6 Å². The van der Waals surface area contributed by atoms with Gasteiger partial charge in [0.25, 0.3) is 0 Å². The molecule has 1 aromatic carbocycles. The molecule has 2 aromatic rings. The number of benzene rings is 1. The van der Waals surface area contributed by atoms with Crippen molar-refractivity contribution < 1.29 is 9.21 Å². The highest BCUT2D eigenvalue weighted by Crippen LogP contribution is 2.15. The summed E-state index contributed by atoms with van der Waals surface area (Å²) in [6.45, 7) is 0. The number of carbonyl (C=O) groups is 1. The molecule has 0 amide bonds. The molecular formula is C18H12N2O2. The fourth-order valence-electron chi connectivity index (χ4n) is 2.15. The largest absolute Gasteiger partial charge is 0.465 e. The molecule has 4 nitrogen and oxygen atoms in total. The second kappa shape index (κ2) is 6.06. The van der Waals surface area contributed by atoms with Crippen LogP contribution < -0.4 is 0 Å². The molecule has 1 aromatic heterocycles. The molecule has 2 heterocycles. The Kier molecular flexibility index (Phi) is 3.80. The van der Waals surface area contributed by atoms with Gasteiger partial charge in [0.1, 0.15) is 11.8 Å². The Bertz CT molecular complexity index is 821. The van der Waals surface area contributed by atoms with Gasteiger partial charge in [-0.15, -0.1) is 0 Å². The zero-order valence-electron chi connectivity index (χ0n) is 11.6. The number of aliphatic imine (C=N–C) groups is 1. The van der Waals surface area contributed by atoms with Gasteiger partial charge in [-0.1, -0.05) is 18.2 Å². The van der Waals surface area contributed by atoms with Crippen molar-refractivity contribution >= 4 is 17.6 Å². The zero-order valence-corrected chi connectivity index (χ0v) is 11.6. The predicted molar refractivity (Wildman–Crippen MR) is 83.6 cm³/mol. The van der Waals surface area contributed by atoms with Crippen LogP contribution in [0.15, 0.2) is 70.3 Å². The highest BCUT2D eigenvalue weighted by molar-refractivity contribution is 6.12. The van der Waals surface area contributed by atoms with E-state index in [-0.39, 0.29) is 5.78 Å². The lowest BCUT2D eigenvalue weighted by molar-refractivity contribution is 0.0979. The lowest BCUT2D eigenvalue weighted by Gasteiger charge is -2.04. The van der Waals surface area contributed by atoms with E-state index in [1.807, 2.05) is 12.1 Å². The standard InChI is InChI=1S/C18H12N2O2/c19-12-13-3-1-4-14(11-13)18(21)17-9-7-15(20-17)6-8-16-5-2-10-22-16/h1-11,17H/b8-6+. The summed E-state index contributed by atoms with van der Waals surface area (Å²) < 4.78 is 5.20. The Labute approximate surface area is 127 Å². The number of nitriles is 1. The quantitative estimate of drug-likeness (QED) is 0.809. The molecule has 3 rings (SSSR count). The van der Waals surface area contributed by atoms with Gasteiger partial charge in [0.15, 0.2) is 5.78 Å². The van der Waals surface area contributed by atoms with E-state index in [4.69, 9.17) is 9.68 Å². The normalized spacial score (nSPS) is 16.7. The molecule has 0 N–H and O–H groups in total. The van der Waals surface area contributed by atoms with Gasteiger partial charge in [-0.2, -0.15) is 5.26 Å². The molecule has 1 aliphatic rings. The summed E-state index contributed by atoms with van der Waals surface area (Å²) in [5.41, 5.74) is 1.68. The maximum absolute atomic E-state index is 12.4. The zero-order chi connectivity index (χ0) is 15.4. The van der Waals surface area contributed by atoms with Crippen LogP contribution in [0.4, 0.5) is 0 Å². The molecule has 1 unspecified atom stereocenters. The fourth-order valence-corrected chi connectivity index (χ4v) is 2.15. The molecule has 0 saturated heterocycles. The van der Waals surface area contributed by atoms with Crippen LogP contribution in [0.1, 0.15) is 21.7 Å². The van der Waals surface area contributed by atoms with Crippen molar-refractivity contribution in [1.82, 2.24) is 0 Å². The Morgan fingerprint density at radius 3 is 2.95 bits per heavy atom. The minimum atomic E-state index is -0.537. The molecule has 0 fully saturated rings. The number of Topliss-reactive ketones (excluding diaryl/α,β-unsaturated/α-hetero) is 1. The van der Waals surface area contributed by atoms with E-state index in [9.17, 15) is 4.79 Å². The minimum absolute atomic E-state index is 0.116. The van der Waals surface area contributed by atoms with Crippen molar-refractivity contribution in [2.45, 2.75) is 6.04 Å². The molecule has 0 bridgehead atoms. The fraction of sp³-hybridized carbons (Fsp3) is 0.0556. The van der Waals surface area contributed by atoms with E-state index < -0.39 is 6.04 Å². The van der Waals surface area contributed by atoms with Crippen LogP contribution in [-0.4, -0.2) is 17.5 Å². The van der Waals surface area contributed by atoms with Crippen LogP contribution in [0, 0.1) is 11.3 Å². The molecule has 0 aliphatic carbocycles. The van der Waals surface area contributed by atoms with Crippen molar-refractivity contribution in [3.05, 3.63) is 77.8 Å². The van der Waals surface area contributed by atoms with Crippen molar-refractivity contribution in [2.24, 2.45) is 4.99 Å². The number of rotatable bonds is 4. The van der Waals surface area contributed by atoms with E-state index in [1.165, 1.54) is 0 Å². The van der Waals surface area contributed by atoms with E-state index in [0.29, 0.717) is 16.8 Å². The molecule has 1 atom stereocenters. The molecule has 0 spiro atoms. The monoisotopic (exact) mass is 288 g/mol. The smallest absolute Gasteiger partial charge is 0.191 e. The van der Waals surface area contributed by atoms with E-state index in [0.717, 1.165) is 5.76 Å². The first-order valence-corrected chi connectivity index (χ1v) is 6.78. The van der Waals surface area contributed by atoms with Gasteiger partial charge < -0.3 is 4.42 Å². The summed E-state index contributed by atoms with van der Waals surface area (Å²) in [5, 5.41) is 8.89. The van der Waals surface area contributed by atoms with Crippen LogP contribution in [0.2, 0.25) is 0 Å². The molecule has 1 aliphatic heterocycles. The molecule has 4 heteroatoms. The third kappa shape index (κ3) is 2.94. The van der Waals surface area contributed by atoms with Gasteiger partial charge >= 0.3 is 0 Å². The number of furan rings is 1. The lowest BCUT2D eigenvalue weighted by Crippen LogP contribution is -2.14. The Balaban J connectivity index is 1.75. The highest BCUT2D eigenvalue weighted by atomic mass is 16.3. The van der Waals surface area contributed by atoms with Crippen LogP contribution in [0.5, 0.6) is 0 Å². The van der Waals surface area contributed by atoms with Gasteiger partial charge in [-0.25, -0.2) is 0 Å². The molecular weight excluding hydrogens is 276 g/mol. The average Bonchev–Trinajstić information content (AvgIpc) is 3.23. The minimum Gasteiger partial charge on any atom is -0.465 e. The third-order valence-corrected chi connectivity index (χ3v) is 3.24. The summed E-state index contributed by atoms with van der Waals surface area (Å²) in [5.74, 6) is 0.613. The summed E-state index contributed by atoms with van der Waals surface area (Å²) >= 11 is 0. The predicted octanol–water partition coefficient (Wildman–Crippen LogP) is 3.43. The van der Waals surface area contributed by atoms with Crippen LogP contribution in [-0.2, 0) is 0 Å². The first-order chi connectivity index (χ1) is 10.8. The summed E-state index contributed by atoms with van der Waals surface area (Å²) in [7, 11) is 0. The number of allylic oxidation sites excluding steroid dienone is 2. The Morgan fingerprint density at radius 1 is 1.27 bits per heavy atom. The molecule has 22 heavy (non-hydrogen) atoms. The maximum atomic E-state index is 12.4. The van der Waals surface area contributed by atoms with Gasteiger partial charge in [-0.05, 0) is 42.5 Å². The van der Waals surface area contributed by atoms with Gasteiger partial charge in [0, 0.05) is 5.56 Å². The Hall–Kier alpha value is -3.19. The SMILES string of the molecule is N#Cc1cccc(C(=O)C2C=CC(/C=C/c3ccco3)=N2)c1. The third-order valence-electron chi connectivity index (χ3n) is 3.24. The van der Waals surface area contributed by atoms with E-state index in [1.54, 1.807) is 60.9 Å². The number of nitrogens with zero attached hydrogens (tertiary/aromatic N) is 2. The summed E-state index contributed by atoms with van der Waals surface area (Å²) in [6, 6.07) is 11.8. The van der Waals surface area contributed by atoms with Crippen molar-refractivity contribution in [3.63, 3.8) is 0 Å². The van der Waals surface area contributed by atoms with Gasteiger partial charge in [0.2, 0.25) is 0 Å². The Morgan fingerprint density at radius 2 is 2.18 bits per heavy atom. The summed E-state index contributed by atoms with van der Waals surface area (Å²) in [4.78, 5) is 16.7. The van der Waals surface area contributed by atoms with Crippen LogP contribution >= 0.6 is 0 Å². The van der Waals surface area contributed by atoms with Crippen LogP contribution in [0.25, 0.3) is 6.08 Å². The number of carbonyl (C=O) groups excluding carboxylic acids is 1. The maximum Gasteiger partial charge on any atom is 0.191 e. The van der Waals surface area contributed by atoms with Crippen molar-refractivity contribution in [2.75, 3.05) is 0 Å². The first kappa shape index (κ1) is 13.8. The van der Waals surface area contributed by atoms with Gasteiger partial charge in [-0.3, -0.25) is 9.79 Å². The van der Waals surface area contributed by atoms with E-state index >= 15 is 0 Å². The molecule has 0 saturated carbocycles.